The summed E-state index contributed by atoms with van der Waals surface area (Å²) in [6, 6.07) is 10.8. The van der Waals surface area contributed by atoms with Crippen LogP contribution >= 0.6 is 11.6 Å². The van der Waals surface area contributed by atoms with Gasteiger partial charge in [-0.3, -0.25) is 4.79 Å². The molecule has 0 heterocycles. The third kappa shape index (κ3) is 5.79. The molecule has 30 heavy (non-hydrogen) atoms. The van der Waals surface area contributed by atoms with Crippen molar-refractivity contribution in [3.63, 3.8) is 0 Å². The number of nitrogens with one attached hydrogen (secondary N) is 3. The molecule has 2 aromatic rings. The minimum Gasteiger partial charge on any atom is -0.348 e. The zero-order chi connectivity index (χ0) is 21.9. The Balaban J connectivity index is 1.75. The van der Waals surface area contributed by atoms with Gasteiger partial charge in [0.25, 0.3) is 5.91 Å². The molecule has 0 saturated heterocycles. The fraction of sp³-hybridized carbons (Fsp3) is 0.316. The largest absolute Gasteiger partial charge is 0.348 e. The van der Waals surface area contributed by atoms with Crippen molar-refractivity contribution < 1.29 is 21.6 Å². The fourth-order valence-corrected chi connectivity index (χ4v) is 5.43. The molecule has 1 fully saturated rings. The lowest BCUT2D eigenvalue weighted by atomic mass is 10.1. The Hall–Kier alpha value is -1.98. The highest BCUT2D eigenvalue weighted by molar-refractivity contribution is 7.89. The first-order chi connectivity index (χ1) is 14.1. The van der Waals surface area contributed by atoms with E-state index in [1.807, 2.05) is 0 Å². The number of halogens is 1. The SMILES string of the molecule is CNS(=O)(=O)Cc1ccccc1CNC(=O)c1ccc(Cl)c(S(=O)(=O)NC2CC2)c1. The molecule has 3 N–H and O–H groups in total. The third-order valence-electron chi connectivity index (χ3n) is 4.60. The molecule has 11 heteroatoms. The van der Waals surface area contributed by atoms with Crippen molar-refractivity contribution in [3.8, 4) is 0 Å². The van der Waals surface area contributed by atoms with Crippen LogP contribution in [0.1, 0.15) is 34.3 Å². The zero-order valence-electron chi connectivity index (χ0n) is 16.2. The maximum absolute atomic E-state index is 12.6. The van der Waals surface area contributed by atoms with Gasteiger partial charge in [-0.1, -0.05) is 35.9 Å². The Kier molecular flexibility index (Phi) is 6.83. The van der Waals surface area contributed by atoms with Crippen LogP contribution in [-0.2, 0) is 32.3 Å². The normalized spacial score (nSPS) is 14.5. The lowest BCUT2D eigenvalue weighted by Gasteiger charge is -2.12. The van der Waals surface area contributed by atoms with E-state index in [1.54, 1.807) is 24.3 Å². The molecule has 0 aliphatic heterocycles. The number of carbonyl (C=O) groups is 1. The molecular weight excluding hydrogens is 450 g/mol. The van der Waals surface area contributed by atoms with Crippen molar-refractivity contribution in [2.75, 3.05) is 7.05 Å². The van der Waals surface area contributed by atoms with Gasteiger partial charge in [-0.15, -0.1) is 0 Å². The van der Waals surface area contributed by atoms with Crippen molar-refractivity contribution >= 4 is 37.6 Å². The topological polar surface area (TPSA) is 121 Å². The van der Waals surface area contributed by atoms with Crippen molar-refractivity contribution in [3.05, 3.63) is 64.2 Å². The smallest absolute Gasteiger partial charge is 0.251 e. The molecule has 0 atom stereocenters. The predicted molar refractivity (Wildman–Crippen MR) is 114 cm³/mol. The molecule has 0 aromatic heterocycles. The molecule has 1 amide bonds. The zero-order valence-corrected chi connectivity index (χ0v) is 18.6. The van der Waals surface area contributed by atoms with E-state index in [2.05, 4.69) is 14.8 Å². The second-order valence-electron chi connectivity index (χ2n) is 6.96. The van der Waals surface area contributed by atoms with Crippen molar-refractivity contribution in [2.45, 2.75) is 36.1 Å². The molecule has 2 aromatic carbocycles. The maximum Gasteiger partial charge on any atom is 0.251 e. The van der Waals surface area contributed by atoms with Gasteiger partial charge in [-0.25, -0.2) is 26.3 Å². The predicted octanol–water partition coefficient (Wildman–Crippen LogP) is 1.76. The molecule has 1 aliphatic rings. The number of sulfonamides is 2. The molecule has 1 saturated carbocycles. The highest BCUT2D eigenvalue weighted by Gasteiger charge is 2.29. The molecular formula is C19H22ClN3O5S2. The first-order valence-electron chi connectivity index (χ1n) is 9.19. The quantitative estimate of drug-likeness (QED) is 0.514. The van der Waals surface area contributed by atoms with Crippen LogP contribution in [0.5, 0.6) is 0 Å². The summed E-state index contributed by atoms with van der Waals surface area (Å²) in [4.78, 5) is 12.4. The van der Waals surface area contributed by atoms with E-state index in [9.17, 15) is 21.6 Å². The van der Waals surface area contributed by atoms with Crippen molar-refractivity contribution in [1.29, 1.82) is 0 Å². The second kappa shape index (κ2) is 9.03. The number of hydrogen-bond acceptors (Lipinski definition) is 5. The van der Waals surface area contributed by atoms with Gasteiger partial charge in [0.2, 0.25) is 20.0 Å². The van der Waals surface area contributed by atoms with E-state index in [0.717, 1.165) is 12.8 Å². The Labute approximate surface area is 181 Å². The van der Waals surface area contributed by atoms with Gasteiger partial charge < -0.3 is 5.32 Å². The highest BCUT2D eigenvalue weighted by atomic mass is 35.5. The third-order valence-corrected chi connectivity index (χ3v) is 7.91. The lowest BCUT2D eigenvalue weighted by Crippen LogP contribution is -2.27. The van der Waals surface area contributed by atoms with Gasteiger partial charge >= 0.3 is 0 Å². The highest BCUT2D eigenvalue weighted by Crippen LogP contribution is 2.27. The van der Waals surface area contributed by atoms with Gasteiger partial charge in [-0.2, -0.15) is 0 Å². The Bertz CT molecular complexity index is 1160. The van der Waals surface area contributed by atoms with Crippen LogP contribution in [0.25, 0.3) is 0 Å². The summed E-state index contributed by atoms with van der Waals surface area (Å²) >= 11 is 6.04. The summed E-state index contributed by atoms with van der Waals surface area (Å²) in [5.74, 6) is -0.716. The van der Waals surface area contributed by atoms with Crippen LogP contribution in [0.2, 0.25) is 5.02 Å². The van der Waals surface area contributed by atoms with Gasteiger partial charge in [-0.05, 0) is 49.2 Å². The summed E-state index contributed by atoms with van der Waals surface area (Å²) in [6.45, 7) is 0.0826. The van der Waals surface area contributed by atoms with Crippen molar-refractivity contribution in [2.24, 2.45) is 0 Å². The second-order valence-corrected chi connectivity index (χ2v) is 11.0. The summed E-state index contributed by atoms with van der Waals surface area (Å²) in [5, 5.41) is 2.73. The number of amides is 1. The summed E-state index contributed by atoms with van der Waals surface area (Å²) in [7, 11) is -5.95. The minimum atomic E-state index is -3.82. The molecule has 0 radical (unpaired) electrons. The lowest BCUT2D eigenvalue weighted by molar-refractivity contribution is 0.0950. The van der Waals surface area contributed by atoms with Gasteiger partial charge in [0, 0.05) is 18.2 Å². The summed E-state index contributed by atoms with van der Waals surface area (Å²) in [5.41, 5.74) is 1.33. The first kappa shape index (κ1) is 22.7. The molecule has 0 spiro atoms. The van der Waals surface area contributed by atoms with Gasteiger partial charge in [0.05, 0.1) is 10.8 Å². The van der Waals surface area contributed by atoms with E-state index in [4.69, 9.17) is 11.6 Å². The monoisotopic (exact) mass is 471 g/mol. The van der Waals surface area contributed by atoms with Gasteiger partial charge in [0.1, 0.15) is 4.90 Å². The average molecular weight is 472 g/mol. The molecule has 8 nitrogen and oxygen atoms in total. The van der Waals surface area contributed by atoms with Crippen LogP contribution in [0.15, 0.2) is 47.4 Å². The Morgan fingerprint density at radius 1 is 1.07 bits per heavy atom. The maximum atomic E-state index is 12.6. The molecule has 1 aliphatic carbocycles. The van der Waals surface area contributed by atoms with E-state index in [-0.39, 0.29) is 33.8 Å². The number of hydrogen-bond donors (Lipinski definition) is 3. The molecule has 162 valence electrons. The van der Waals surface area contributed by atoms with E-state index < -0.39 is 26.0 Å². The van der Waals surface area contributed by atoms with Crippen molar-refractivity contribution in [1.82, 2.24) is 14.8 Å². The van der Waals surface area contributed by atoms with Crippen LogP contribution in [0.4, 0.5) is 0 Å². The Morgan fingerprint density at radius 3 is 2.37 bits per heavy atom. The number of benzene rings is 2. The average Bonchev–Trinajstić information content (AvgIpc) is 3.50. The number of carbonyl (C=O) groups excluding carboxylic acids is 1. The fourth-order valence-electron chi connectivity index (χ4n) is 2.76. The summed E-state index contributed by atoms with van der Waals surface area (Å²) < 4.78 is 53.4. The summed E-state index contributed by atoms with van der Waals surface area (Å²) in [6.07, 6.45) is 1.55. The van der Waals surface area contributed by atoms with E-state index in [0.29, 0.717) is 11.1 Å². The van der Waals surface area contributed by atoms with Crippen LogP contribution in [-0.4, -0.2) is 35.8 Å². The van der Waals surface area contributed by atoms with Crippen LogP contribution < -0.4 is 14.8 Å². The van der Waals surface area contributed by atoms with Crippen LogP contribution in [0, 0.1) is 0 Å². The first-order valence-corrected chi connectivity index (χ1v) is 12.7. The standard InChI is InChI=1S/C19H22ClN3O5S2/c1-21-29(25,26)12-15-5-3-2-4-14(15)11-22-19(24)13-6-9-17(20)18(10-13)30(27,28)23-16-7-8-16/h2-6,9-10,16,21,23H,7-8,11-12H2,1H3,(H,22,24). The van der Waals surface area contributed by atoms with Crippen LogP contribution in [0.3, 0.4) is 0 Å². The van der Waals surface area contributed by atoms with E-state index >= 15 is 0 Å². The molecule has 0 unspecified atom stereocenters. The van der Waals surface area contributed by atoms with Gasteiger partial charge in [0.15, 0.2) is 0 Å². The van der Waals surface area contributed by atoms with E-state index in [1.165, 1.54) is 25.2 Å². The Morgan fingerprint density at radius 2 is 1.73 bits per heavy atom. The molecule has 3 rings (SSSR count). The number of rotatable bonds is 9. The molecule has 0 bridgehead atoms. The minimum absolute atomic E-state index is 0.0299.